The van der Waals surface area contributed by atoms with E-state index in [1.54, 1.807) is 0 Å². The van der Waals surface area contributed by atoms with Crippen LogP contribution in [-0.2, 0) is 6.54 Å². The van der Waals surface area contributed by atoms with E-state index in [4.69, 9.17) is 23.2 Å². The summed E-state index contributed by atoms with van der Waals surface area (Å²) in [4.78, 5) is 0. The third-order valence-electron chi connectivity index (χ3n) is 2.52. The summed E-state index contributed by atoms with van der Waals surface area (Å²) in [5, 5.41) is 4.80. The minimum absolute atomic E-state index is 0.736. The van der Waals surface area contributed by atoms with Crippen molar-refractivity contribution in [2.75, 3.05) is 5.32 Å². The summed E-state index contributed by atoms with van der Waals surface area (Å²) in [5.41, 5.74) is 3.28. The highest BCUT2D eigenvalue weighted by molar-refractivity contribution is 6.33. The van der Waals surface area contributed by atoms with Crippen LogP contribution in [0, 0.1) is 6.92 Å². The summed E-state index contributed by atoms with van der Waals surface area (Å²) >= 11 is 12.0. The van der Waals surface area contributed by atoms with Gasteiger partial charge in [-0.15, -0.1) is 0 Å². The zero-order chi connectivity index (χ0) is 12.3. The monoisotopic (exact) mass is 265 g/mol. The van der Waals surface area contributed by atoms with Gasteiger partial charge in [0.1, 0.15) is 0 Å². The molecule has 0 atom stereocenters. The highest BCUT2D eigenvalue weighted by Gasteiger charge is 2.00. The average molecular weight is 266 g/mol. The lowest BCUT2D eigenvalue weighted by atomic mass is 10.2. The second kappa shape index (κ2) is 5.44. The van der Waals surface area contributed by atoms with Gasteiger partial charge in [-0.1, -0.05) is 41.4 Å². The Bertz CT molecular complexity index is 506. The Hall–Kier alpha value is -1.18. The molecule has 1 nitrogen and oxygen atoms in total. The van der Waals surface area contributed by atoms with Crippen molar-refractivity contribution >= 4 is 28.9 Å². The van der Waals surface area contributed by atoms with Crippen LogP contribution >= 0.6 is 23.2 Å². The van der Waals surface area contributed by atoms with E-state index in [9.17, 15) is 0 Å². The van der Waals surface area contributed by atoms with Gasteiger partial charge in [-0.05, 0) is 42.3 Å². The maximum absolute atomic E-state index is 6.14. The van der Waals surface area contributed by atoms with Crippen molar-refractivity contribution in [2.24, 2.45) is 0 Å². The van der Waals surface area contributed by atoms with E-state index in [0.717, 1.165) is 27.8 Å². The first kappa shape index (κ1) is 12.3. The molecule has 0 fully saturated rings. The molecule has 2 aromatic carbocycles. The molecule has 0 aromatic heterocycles. The summed E-state index contributed by atoms with van der Waals surface area (Å²) < 4.78 is 0. The molecule has 0 saturated heterocycles. The molecule has 0 aliphatic carbocycles. The van der Waals surface area contributed by atoms with Gasteiger partial charge in [-0.3, -0.25) is 0 Å². The SMILES string of the molecule is Cc1ccc(NCc2ccc(Cl)cc2)c(Cl)c1. The first-order valence-electron chi connectivity index (χ1n) is 5.39. The molecule has 1 N–H and O–H groups in total. The molecular formula is C14H13Cl2N. The van der Waals surface area contributed by atoms with Crippen molar-refractivity contribution in [1.82, 2.24) is 0 Å². The van der Waals surface area contributed by atoms with E-state index in [-0.39, 0.29) is 0 Å². The Morgan fingerprint density at radius 3 is 2.35 bits per heavy atom. The Morgan fingerprint density at radius 1 is 1.00 bits per heavy atom. The molecule has 88 valence electrons. The van der Waals surface area contributed by atoms with Crippen LogP contribution in [0.3, 0.4) is 0 Å². The van der Waals surface area contributed by atoms with E-state index in [2.05, 4.69) is 5.32 Å². The molecule has 2 rings (SSSR count). The fourth-order valence-electron chi connectivity index (χ4n) is 1.56. The van der Waals surface area contributed by atoms with E-state index in [1.165, 1.54) is 5.56 Å². The van der Waals surface area contributed by atoms with Gasteiger partial charge in [0.15, 0.2) is 0 Å². The first-order chi connectivity index (χ1) is 8.15. The number of rotatable bonds is 3. The van der Waals surface area contributed by atoms with Crippen molar-refractivity contribution in [3.8, 4) is 0 Å². The predicted octanol–water partition coefficient (Wildman–Crippen LogP) is 4.91. The summed E-state index contributed by atoms with van der Waals surface area (Å²) in [7, 11) is 0. The quantitative estimate of drug-likeness (QED) is 0.831. The number of hydrogen-bond acceptors (Lipinski definition) is 1. The standard InChI is InChI=1S/C14H13Cl2N/c1-10-2-7-14(13(16)8-10)17-9-11-3-5-12(15)6-4-11/h2-8,17H,9H2,1H3. The molecule has 0 bridgehead atoms. The van der Waals surface area contributed by atoms with Crippen LogP contribution in [0.25, 0.3) is 0 Å². The highest BCUT2D eigenvalue weighted by Crippen LogP contribution is 2.23. The van der Waals surface area contributed by atoms with Gasteiger partial charge < -0.3 is 5.32 Å². The summed E-state index contributed by atoms with van der Waals surface area (Å²) in [5.74, 6) is 0. The van der Waals surface area contributed by atoms with Gasteiger partial charge in [-0.25, -0.2) is 0 Å². The molecule has 0 spiro atoms. The van der Waals surface area contributed by atoms with Gasteiger partial charge in [0.05, 0.1) is 10.7 Å². The fourth-order valence-corrected chi connectivity index (χ4v) is 1.99. The number of halogens is 2. The summed E-state index contributed by atoms with van der Waals surface area (Å²) in [6.07, 6.45) is 0. The minimum Gasteiger partial charge on any atom is -0.380 e. The fraction of sp³-hybridized carbons (Fsp3) is 0.143. The Balaban J connectivity index is 2.04. The number of anilines is 1. The second-order valence-corrected chi connectivity index (χ2v) is 4.81. The predicted molar refractivity (Wildman–Crippen MR) is 75.0 cm³/mol. The number of aryl methyl sites for hydroxylation is 1. The number of benzene rings is 2. The normalized spacial score (nSPS) is 10.3. The van der Waals surface area contributed by atoms with E-state index >= 15 is 0 Å². The molecule has 0 saturated carbocycles. The largest absolute Gasteiger partial charge is 0.380 e. The molecule has 17 heavy (non-hydrogen) atoms. The summed E-state index contributed by atoms with van der Waals surface area (Å²) in [6, 6.07) is 13.7. The minimum atomic E-state index is 0.736. The lowest BCUT2D eigenvalue weighted by Crippen LogP contribution is -1.99. The number of hydrogen-bond donors (Lipinski definition) is 1. The summed E-state index contributed by atoms with van der Waals surface area (Å²) in [6.45, 7) is 2.76. The van der Waals surface area contributed by atoms with E-state index in [1.807, 2.05) is 49.4 Å². The molecular weight excluding hydrogens is 253 g/mol. The molecule has 0 aliphatic heterocycles. The first-order valence-corrected chi connectivity index (χ1v) is 6.15. The Labute approximate surface area is 111 Å². The van der Waals surface area contributed by atoms with Gasteiger partial charge >= 0.3 is 0 Å². The van der Waals surface area contributed by atoms with Crippen LogP contribution in [0.15, 0.2) is 42.5 Å². The molecule has 3 heteroatoms. The Kier molecular flexibility index (Phi) is 3.93. The zero-order valence-electron chi connectivity index (χ0n) is 9.50. The van der Waals surface area contributed by atoms with E-state index in [0.29, 0.717) is 0 Å². The van der Waals surface area contributed by atoms with Crippen LogP contribution in [0.5, 0.6) is 0 Å². The van der Waals surface area contributed by atoms with Crippen molar-refractivity contribution in [1.29, 1.82) is 0 Å². The maximum Gasteiger partial charge on any atom is 0.0640 e. The molecule has 0 amide bonds. The second-order valence-electron chi connectivity index (χ2n) is 3.96. The average Bonchev–Trinajstić information content (AvgIpc) is 2.30. The third kappa shape index (κ3) is 3.39. The van der Waals surface area contributed by atoms with Gasteiger partial charge in [-0.2, -0.15) is 0 Å². The van der Waals surface area contributed by atoms with Gasteiger partial charge in [0.25, 0.3) is 0 Å². The zero-order valence-corrected chi connectivity index (χ0v) is 11.0. The van der Waals surface area contributed by atoms with Gasteiger partial charge in [0, 0.05) is 11.6 Å². The third-order valence-corrected chi connectivity index (χ3v) is 3.09. The molecule has 0 aliphatic rings. The van der Waals surface area contributed by atoms with Crippen LogP contribution in [-0.4, -0.2) is 0 Å². The van der Waals surface area contributed by atoms with Crippen LogP contribution in [0.1, 0.15) is 11.1 Å². The lowest BCUT2D eigenvalue weighted by molar-refractivity contribution is 1.15. The molecule has 0 radical (unpaired) electrons. The Morgan fingerprint density at radius 2 is 1.71 bits per heavy atom. The maximum atomic E-state index is 6.14. The topological polar surface area (TPSA) is 12.0 Å². The molecule has 0 heterocycles. The van der Waals surface area contributed by atoms with E-state index < -0.39 is 0 Å². The van der Waals surface area contributed by atoms with Crippen LogP contribution < -0.4 is 5.32 Å². The van der Waals surface area contributed by atoms with Crippen molar-refractivity contribution in [3.63, 3.8) is 0 Å². The molecule has 2 aromatic rings. The highest BCUT2D eigenvalue weighted by atomic mass is 35.5. The van der Waals surface area contributed by atoms with Crippen molar-refractivity contribution in [3.05, 3.63) is 63.6 Å². The van der Waals surface area contributed by atoms with Crippen molar-refractivity contribution < 1.29 is 0 Å². The van der Waals surface area contributed by atoms with Crippen molar-refractivity contribution in [2.45, 2.75) is 13.5 Å². The lowest BCUT2D eigenvalue weighted by Gasteiger charge is -2.09. The number of nitrogens with one attached hydrogen (secondary N) is 1. The van der Waals surface area contributed by atoms with Gasteiger partial charge in [0.2, 0.25) is 0 Å². The van der Waals surface area contributed by atoms with Crippen LogP contribution in [0.2, 0.25) is 10.0 Å². The van der Waals surface area contributed by atoms with Crippen LogP contribution in [0.4, 0.5) is 5.69 Å². The smallest absolute Gasteiger partial charge is 0.0640 e. The molecule has 0 unspecified atom stereocenters.